The molecule has 0 unspecified atom stereocenters. The predicted molar refractivity (Wildman–Crippen MR) is 66.6 cm³/mol. The van der Waals surface area contributed by atoms with Crippen molar-refractivity contribution in [2.75, 3.05) is 5.32 Å². The van der Waals surface area contributed by atoms with Crippen molar-refractivity contribution in [3.63, 3.8) is 0 Å². The topological polar surface area (TPSA) is 72.9 Å². The van der Waals surface area contributed by atoms with Gasteiger partial charge in [-0.2, -0.15) is 0 Å². The molecule has 0 spiro atoms. The molecule has 1 aromatic rings. The van der Waals surface area contributed by atoms with E-state index in [0.29, 0.717) is 11.9 Å². The molecule has 1 rings (SSSR count). The van der Waals surface area contributed by atoms with Gasteiger partial charge in [0.1, 0.15) is 0 Å². The Kier molecular flexibility index (Phi) is 6.06. The zero-order chi connectivity index (χ0) is 11.4. The minimum Gasteiger partial charge on any atom is -0.320 e. The Labute approximate surface area is 102 Å². The second-order valence-electron chi connectivity index (χ2n) is 4.07. The van der Waals surface area contributed by atoms with Crippen LogP contribution in [-0.2, 0) is 11.3 Å². The fourth-order valence-corrected chi connectivity index (χ4v) is 1.20. The predicted octanol–water partition coefficient (Wildman–Crippen LogP) is 1.25. The van der Waals surface area contributed by atoms with Gasteiger partial charge in [-0.1, -0.05) is 13.8 Å². The Bertz CT molecular complexity index is 335. The summed E-state index contributed by atoms with van der Waals surface area (Å²) in [6.07, 6.45) is 3.51. The van der Waals surface area contributed by atoms with Crippen LogP contribution < -0.4 is 11.1 Å². The first-order chi connectivity index (χ1) is 7.00. The quantitative estimate of drug-likeness (QED) is 0.840. The number of amides is 1. The Balaban J connectivity index is 0.00000225. The molecule has 1 amide bonds. The summed E-state index contributed by atoms with van der Waals surface area (Å²) >= 11 is 0. The molecule has 0 saturated heterocycles. The summed E-state index contributed by atoms with van der Waals surface area (Å²) < 4.78 is 1.91. The first-order valence-corrected chi connectivity index (χ1v) is 5.08. The van der Waals surface area contributed by atoms with Crippen LogP contribution in [0.15, 0.2) is 12.4 Å². The van der Waals surface area contributed by atoms with Crippen molar-refractivity contribution in [3.8, 4) is 0 Å². The summed E-state index contributed by atoms with van der Waals surface area (Å²) in [5, 5.41) is 2.68. The second kappa shape index (κ2) is 6.50. The normalized spacial score (nSPS) is 12.1. The van der Waals surface area contributed by atoms with E-state index in [-0.39, 0.29) is 18.3 Å². The number of halogens is 1. The SMILES string of the molecule is CC(C)Cn1ccnc1NC(=O)[C@@H](C)N.Cl. The summed E-state index contributed by atoms with van der Waals surface area (Å²) in [6, 6.07) is -0.519. The number of aromatic nitrogens is 2. The van der Waals surface area contributed by atoms with Crippen molar-refractivity contribution in [1.82, 2.24) is 9.55 Å². The maximum Gasteiger partial charge on any atom is 0.243 e. The van der Waals surface area contributed by atoms with Crippen molar-refractivity contribution >= 4 is 24.3 Å². The number of nitrogens with two attached hydrogens (primary N) is 1. The molecule has 0 aliphatic carbocycles. The van der Waals surface area contributed by atoms with Crippen molar-refractivity contribution in [2.45, 2.75) is 33.4 Å². The Morgan fingerprint density at radius 1 is 1.56 bits per heavy atom. The van der Waals surface area contributed by atoms with Crippen molar-refractivity contribution in [3.05, 3.63) is 12.4 Å². The van der Waals surface area contributed by atoms with Crippen molar-refractivity contribution < 1.29 is 4.79 Å². The lowest BCUT2D eigenvalue weighted by molar-refractivity contribution is -0.117. The molecule has 0 fully saturated rings. The van der Waals surface area contributed by atoms with E-state index in [9.17, 15) is 4.79 Å². The number of rotatable bonds is 4. The molecule has 1 aromatic heterocycles. The number of imidazole rings is 1. The van der Waals surface area contributed by atoms with Crippen LogP contribution in [0.25, 0.3) is 0 Å². The van der Waals surface area contributed by atoms with Gasteiger partial charge in [0.25, 0.3) is 0 Å². The second-order valence-corrected chi connectivity index (χ2v) is 4.07. The number of nitrogens with one attached hydrogen (secondary N) is 1. The van der Waals surface area contributed by atoms with Gasteiger partial charge < -0.3 is 10.3 Å². The molecular formula is C10H19ClN4O. The molecule has 0 aromatic carbocycles. The fourth-order valence-electron chi connectivity index (χ4n) is 1.20. The zero-order valence-corrected chi connectivity index (χ0v) is 10.6. The zero-order valence-electron chi connectivity index (χ0n) is 9.80. The summed E-state index contributed by atoms with van der Waals surface area (Å²) in [6.45, 7) is 6.69. The minimum atomic E-state index is -0.519. The summed E-state index contributed by atoms with van der Waals surface area (Å²) in [5.41, 5.74) is 5.45. The number of hydrogen-bond donors (Lipinski definition) is 2. The van der Waals surface area contributed by atoms with Crippen LogP contribution in [-0.4, -0.2) is 21.5 Å². The maximum atomic E-state index is 11.4. The van der Waals surface area contributed by atoms with Gasteiger partial charge in [0.05, 0.1) is 6.04 Å². The molecule has 1 atom stereocenters. The van der Waals surface area contributed by atoms with Gasteiger partial charge in [-0.3, -0.25) is 10.1 Å². The lowest BCUT2D eigenvalue weighted by Gasteiger charge is -2.11. The Hall–Kier alpha value is -1.07. The number of anilines is 1. The molecule has 0 aliphatic rings. The van der Waals surface area contributed by atoms with Crippen molar-refractivity contribution in [2.24, 2.45) is 11.7 Å². The molecule has 3 N–H and O–H groups in total. The van der Waals surface area contributed by atoms with Gasteiger partial charge >= 0.3 is 0 Å². The molecule has 5 nitrogen and oxygen atoms in total. The molecule has 0 aliphatic heterocycles. The lowest BCUT2D eigenvalue weighted by atomic mass is 10.2. The van der Waals surface area contributed by atoms with Gasteiger partial charge in [-0.05, 0) is 12.8 Å². The van der Waals surface area contributed by atoms with E-state index in [2.05, 4.69) is 24.1 Å². The van der Waals surface area contributed by atoms with Crippen molar-refractivity contribution in [1.29, 1.82) is 0 Å². The summed E-state index contributed by atoms with van der Waals surface area (Å²) in [5.74, 6) is 0.849. The number of nitrogens with zero attached hydrogens (tertiary/aromatic N) is 2. The van der Waals surface area contributed by atoms with Crippen LogP contribution in [0.1, 0.15) is 20.8 Å². The summed E-state index contributed by atoms with van der Waals surface area (Å²) in [4.78, 5) is 15.4. The number of carbonyl (C=O) groups excluding carboxylic acids is 1. The molecule has 1 heterocycles. The van der Waals surface area contributed by atoms with E-state index >= 15 is 0 Å². The van der Waals surface area contributed by atoms with E-state index in [1.807, 2.05) is 10.8 Å². The molecule has 0 bridgehead atoms. The van der Waals surface area contributed by atoms with E-state index in [1.54, 1.807) is 13.1 Å². The third-order valence-electron chi connectivity index (χ3n) is 1.93. The Morgan fingerprint density at radius 2 is 2.19 bits per heavy atom. The van der Waals surface area contributed by atoms with Gasteiger partial charge in [-0.25, -0.2) is 4.98 Å². The fraction of sp³-hybridized carbons (Fsp3) is 0.600. The first-order valence-electron chi connectivity index (χ1n) is 5.08. The molecule has 16 heavy (non-hydrogen) atoms. The smallest absolute Gasteiger partial charge is 0.243 e. The third kappa shape index (κ3) is 4.20. The molecule has 0 saturated carbocycles. The standard InChI is InChI=1S/C10H18N4O.ClH/c1-7(2)6-14-5-4-12-10(14)13-9(15)8(3)11;/h4-5,7-8H,6,11H2,1-3H3,(H,12,13,15);1H/t8-;/m1./s1. The lowest BCUT2D eigenvalue weighted by Crippen LogP contribution is -2.33. The molecule has 92 valence electrons. The minimum absolute atomic E-state index is 0. The van der Waals surface area contributed by atoms with Gasteiger partial charge in [0.15, 0.2) is 0 Å². The van der Waals surface area contributed by atoms with Crippen LogP contribution >= 0.6 is 12.4 Å². The number of hydrogen-bond acceptors (Lipinski definition) is 3. The highest BCUT2D eigenvalue weighted by molar-refractivity contribution is 5.92. The van der Waals surface area contributed by atoms with Crippen LogP contribution in [0.4, 0.5) is 5.95 Å². The van der Waals surface area contributed by atoms with E-state index in [4.69, 9.17) is 5.73 Å². The number of carbonyl (C=O) groups is 1. The van der Waals surface area contributed by atoms with Crippen LogP contribution in [0.2, 0.25) is 0 Å². The van der Waals surface area contributed by atoms with E-state index < -0.39 is 6.04 Å². The average Bonchev–Trinajstić information content (AvgIpc) is 2.51. The summed E-state index contributed by atoms with van der Waals surface area (Å²) in [7, 11) is 0. The molecular weight excluding hydrogens is 228 g/mol. The molecule has 6 heteroatoms. The van der Waals surface area contributed by atoms with Gasteiger partial charge in [0, 0.05) is 18.9 Å². The third-order valence-corrected chi connectivity index (χ3v) is 1.93. The first kappa shape index (κ1) is 14.9. The van der Waals surface area contributed by atoms with Crippen LogP contribution in [0.5, 0.6) is 0 Å². The largest absolute Gasteiger partial charge is 0.320 e. The highest BCUT2D eigenvalue weighted by Gasteiger charge is 2.11. The monoisotopic (exact) mass is 246 g/mol. The Morgan fingerprint density at radius 3 is 2.69 bits per heavy atom. The van der Waals surface area contributed by atoms with Crippen LogP contribution in [0, 0.1) is 5.92 Å². The molecule has 0 radical (unpaired) electrons. The average molecular weight is 247 g/mol. The highest BCUT2D eigenvalue weighted by atomic mass is 35.5. The van der Waals surface area contributed by atoms with Gasteiger partial charge in [-0.15, -0.1) is 12.4 Å². The van der Waals surface area contributed by atoms with E-state index in [0.717, 1.165) is 6.54 Å². The van der Waals surface area contributed by atoms with Gasteiger partial charge in [0.2, 0.25) is 11.9 Å². The van der Waals surface area contributed by atoms with Crippen LogP contribution in [0.3, 0.4) is 0 Å². The van der Waals surface area contributed by atoms with E-state index in [1.165, 1.54) is 0 Å². The highest BCUT2D eigenvalue weighted by Crippen LogP contribution is 2.08. The maximum absolute atomic E-state index is 11.4.